The molecule has 3 heteroatoms. The molecule has 0 aromatic carbocycles. The Morgan fingerprint density at radius 3 is 2.74 bits per heavy atom. The molecule has 1 aromatic heterocycles. The normalized spacial score (nSPS) is 23.6. The van der Waals surface area contributed by atoms with E-state index >= 15 is 0 Å². The molecule has 1 fully saturated rings. The van der Waals surface area contributed by atoms with Crippen LogP contribution in [0, 0.1) is 5.92 Å². The molecule has 1 aliphatic rings. The summed E-state index contributed by atoms with van der Waals surface area (Å²) in [5.41, 5.74) is 1.31. The minimum atomic E-state index is 0.742. The second kappa shape index (κ2) is 6.90. The lowest BCUT2D eigenvalue weighted by molar-refractivity contribution is 0.164. The first-order valence-corrected chi connectivity index (χ1v) is 7.58. The fourth-order valence-electron chi connectivity index (χ4n) is 2.97. The molecule has 0 aliphatic heterocycles. The van der Waals surface area contributed by atoms with E-state index < -0.39 is 0 Å². The third kappa shape index (κ3) is 3.93. The van der Waals surface area contributed by atoms with Crippen LogP contribution in [0.15, 0.2) is 18.3 Å². The summed E-state index contributed by atoms with van der Waals surface area (Å²) in [5, 5.41) is 3.35. The van der Waals surface area contributed by atoms with Gasteiger partial charge < -0.3 is 5.32 Å². The van der Waals surface area contributed by atoms with Crippen LogP contribution in [-0.4, -0.2) is 29.5 Å². The molecule has 0 amide bonds. The van der Waals surface area contributed by atoms with Crippen LogP contribution >= 0.6 is 0 Å². The van der Waals surface area contributed by atoms with Crippen LogP contribution in [0.4, 0.5) is 5.82 Å². The lowest BCUT2D eigenvalue weighted by atomic mass is 9.86. The molecule has 0 unspecified atom stereocenters. The molecule has 1 saturated carbocycles. The molecule has 2 rings (SSSR count). The van der Waals surface area contributed by atoms with Gasteiger partial charge in [-0.3, -0.25) is 4.90 Å². The van der Waals surface area contributed by atoms with Crippen molar-refractivity contribution in [2.45, 2.75) is 52.1 Å². The molecule has 1 aliphatic carbocycles. The first-order valence-electron chi connectivity index (χ1n) is 7.58. The van der Waals surface area contributed by atoms with Crippen LogP contribution in [-0.2, 0) is 6.54 Å². The van der Waals surface area contributed by atoms with Crippen LogP contribution in [0.3, 0.4) is 0 Å². The average Bonchev–Trinajstić information content (AvgIpc) is 2.42. The quantitative estimate of drug-likeness (QED) is 0.879. The lowest BCUT2D eigenvalue weighted by Gasteiger charge is -2.33. The highest BCUT2D eigenvalue weighted by Crippen LogP contribution is 2.27. The van der Waals surface area contributed by atoms with Crippen LogP contribution in [0.1, 0.15) is 45.1 Å². The Morgan fingerprint density at radius 1 is 1.32 bits per heavy atom. The predicted octanol–water partition coefficient (Wildman–Crippen LogP) is 3.52. The smallest absolute Gasteiger partial charge is 0.130 e. The predicted molar refractivity (Wildman–Crippen MR) is 81.3 cm³/mol. The lowest BCUT2D eigenvalue weighted by Crippen LogP contribution is -2.34. The van der Waals surface area contributed by atoms with Crippen LogP contribution in [0.5, 0.6) is 0 Å². The second-order valence-corrected chi connectivity index (χ2v) is 5.87. The summed E-state index contributed by atoms with van der Waals surface area (Å²) in [5.74, 6) is 1.96. The largest absolute Gasteiger partial charge is 0.370 e. The van der Waals surface area contributed by atoms with Crippen LogP contribution in [0.25, 0.3) is 0 Å². The number of pyridine rings is 1. The monoisotopic (exact) mass is 261 g/mol. The van der Waals surface area contributed by atoms with Crippen molar-refractivity contribution < 1.29 is 0 Å². The summed E-state index contributed by atoms with van der Waals surface area (Å²) in [4.78, 5) is 6.94. The Kier molecular flexibility index (Phi) is 5.20. The van der Waals surface area contributed by atoms with Gasteiger partial charge in [0, 0.05) is 30.9 Å². The fourth-order valence-corrected chi connectivity index (χ4v) is 2.97. The van der Waals surface area contributed by atoms with Crippen molar-refractivity contribution in [2.24, 2.45) is 5.92 Å². The van der Waals surface area contributed by atoms with Gasteiger partial charge in [-0.1, -0.05) is 13.0 Å². The molecule has 3 nitrogen and oxygen atoms in total. The maximum absolute atomic E-state index is 4.44. The number of rotatable bonds is 5. The molecule has 1 aromatic rings. The highest BCUT2D eigenvalue weighted by molar-refractivity contribution is 5.43. The number of hydrogen-bond donors (Lipinski definition) is 1. The second-order valence-electron chi connectivity index (χ2n) is 5.87. The van der Waals surface area contributed by atoms with E-state index in [1.165, 1.54) is 31.2 Å². The molecule has 0 atom stereocenters. The van der Waals surface area contributed by atoms with Gasteiger partial charge in [0.25, 0.3) is 0 Å². The summed E-state index contributed by atoms with van der Waals surface area (Å²) in [7, 11) is 2.25. The van der Waals surface area contributed by atoms with Crippen molar-refractivity contribution in [3.05, 3.63) is 23.9 Å². The van der Waals surface area contributed by atoms with Crippen molar-refractivity contribution in [1.29, 1.82) is 0 Å². The van der Waals surface area contributed by atoms with E-state index in [9.17, 15) is 0 Å². The molecule has 0 radical (unpaired) electrons. The van der Waals surface area contributed by atoms with Crippen LogP contribution in [0.2, 0.25) is 0 Å². The van der Waals surface area contributed by atoms with E-state index in [4.69, 9.17) is 0 Å². The molecular formula is C16H27N3. The van der Waals surface area contributed by atoms with Gasteiger partial charge in [0.15, 0.2) is 0 Å². The first kappa shape index (κ1) is 14.3. The van der Waals surface area contributed by atoms with Crippen molar-refractivity contribution in [3.8, 4) is 0 Å². The maximum atomic E-state index is 4.44. The van der Waals surface area contributed by atoms with Gasteiger partial charge in [0.2, 0.25) is 0 Å². The van der Waals surface area contributed by atoms with Gasteiger partial charge in [0.05, 0.1) is 0 Å². The molecule has 1 heterocycles. The van der Waals surface area contributed by atoms with Crippen LogP contribution < -0.4 is 5.32 Å². The Labute approximate surface area is 117 Å². The highest BCUT2D eigenvalue weighted by Gasteiger charge is 2.22. The van der Waals surface area contributed by atoms with Crippen molar-refractivity contribution in [3.63, 3.8) is 0 Å². The minimum absolute atomic E-state index is 0.742. The zero-order valence-electron chi connectivity index (χ0n) is 12.5. The minimum Gasteiger partial charge on any atom is -0.370 e. The van der Waals surface area contributed by atoms with E-state index in [-0.39, 0.29) is 0 Å². The Hall–Kier alpha value is -1.09. The van der Waals surface area contributed by atoms with Gasteiger partial charge in [-0.05, 0) is 51.6 Å². The van der Waals surface area contributed by atoms with Gasteiger partial charge in [0.1, 0.15) is 5.82 Å². The number of nitrogens with zero attached hydrogens (tertiary/aromatic N) is 2. The fraction of sp³-hybridized carbons (Fsp3) is 0.688. The standard InChI is InChI=1S/C16H27N3/c1-4-17-16-14(6-5-11-18-16)12-19(3)15-9-7-13(2)8-10-15/h5-6,11,13,15H,4,7-10,12H2,1-3H3,(H,17,18). The number of anilines is 1. The molecule has 0 bridgehead atoms. The summed E-state index contributed by atoms with van der Waals surface area (Å²) >= 11 is 0. The summed E-state index contributed by atoms with van der Waals surface area (Å²) in [6, 6.07) is 4.96. The summed E-state index contributed by atoms with van der Waals surface area (Å²) in [6.07, 6.45) is 7.30. The zero-order chi connectivity index (χ0) is 13.7. The first-order chi connectivity index (χ1) is 9.20. The zero-order valence-corrected chi connectivity index (χ0v) is 12.5. The van der Waals surface area contributed by atoms with E-state index in [1.807, 2.05) is 12.3 Å². The Balaban J connectivity index is 1.96. The summed E-state index contributed by atoms with van der Waals surface area (Å²) in [6.45, 7) is 6.41. The molecule has 0 spiro atoms. The van der Waals surface area contributed by atoms with Gasteiger partial charge in [-0.2, -0.15) is 0 Å². The van der Waals surface area contributed by atoms with Crippen molar-refractivity contribution in [2.75, 3.05) is 18.9 Å². The van der Waals surface area contributed by atoms with E-state index in [1.54, 1.807) is 0 Å². The number of nitrogens with one attached hydrogen (secondary N) is 1. The SMILES string of the molecule is CCNc1ncccc1CN(C)C1CCC(C)CC1. The highest BCUT2D eigenvalue weighted by atomic mass is 15.1. The van der Waals surface area contributed by atoms with Crippen molar-refractivity contribution in [1.82, 2.24) is 9.88 Å². The maximum Gasteiger partial charge on any atom is 0.130 e. The summed E-state index contributed by atoms with van der Waals surface area (Å²) < 4.78 is 0. The van der Waals surface area contributed by atoms with E-state index in [0.29, 0.717) is 0 Å². The van der Waals surface area contributed by atoms with Gasteiger partial charge in [-0.25, -0.2) is 4.98 Å². The van der Waals surface area contributed by atoms with Gasteiger partial charge in [-0.15, -0.1) is 0 Å². The van der Waals surface area contributed by atoms with E-state index in [2.05, 4.69) is 42.2 Å². The van der Waals surface area contributed by atoms with Crippen molar-refractivity contribution >= 4 is 5.82 Å². The molecule has 0 saturated heterocycles. The molecule has 106 valence electrons. The molecular weight excluding hydrogens is 234 g/mol. The topological polar surface area (TPSA) is 28.2 Å². The molecule has 1 N–H and O–H groups in total. The third-order valence-electron chi connectivity index (χ3n) is 4.26. The Bertz CT molecular complexity index is 383. The molecule has 19 heavy (non-hydrogen) atoms. The van der Waals surface area contributed by atoms with E-state index in [0.717, 1.165) is 30.9 Å². The third-order valence-corrected chi connectivity index (χ3v) is 4.26. The van der Waals surface area contributed by atoms with Gasteiger partial charge >= 0.3 is 0 Å². The number of aromatic nitrogens is 1. The Morgan fingerprint density at radius 2 is 2.05 bits per heavy atom. The number of hydrogen-bond acceptors (Lipinski definition) is 3. The average molecular weight is 261 g/mol.